The van der Waals surface area contributed by atoms with Gasteiger partial charge in [0.2, 0.25) is 0 Å². The lowest BCUT2D eigenvalue weighted by atomic mass is 10.2. The predicted molar refractivity (Wildman–Crippen MR) is 68.7 cm³/mol. The number of carboxylic acids is 1. The van der Waals surface area contributed by atoms with Crippen LogP contribution in [0.15, 0.2) is 12.1 Å². The van der Waals surface area contributed by atoms with Crippen molar-refractivity contribution in [1.29, 1.82) is 0 Å². The summed E-state index contributed by atoms with van der Waals surface area (Å²) in [5.74, 6) is -1.16. The maximum Gasteiger partial charge on any atom is 0.411 e. The lowest BCUT2D eigenvalue weighted by Crippen LogP contribution is -2.18. The quantitative estimate of drug-likeness (QED) is 0.891. The Balaban J connectivity index is 2.97. The zero-order chi connectivity index (χ0) is 13.9. The third kappa shape index (κ3) is 3.78. The maximum atomic E-state index is 11.4. The molecule has 5 nitrogen and oxygen atoms in total. The third-order valence-electron chi connectivity index (χ3n) is 1.86. The van der Waals surface area contributed by atoms with Crippen LogP contribution in [-0.4, -0.2) is 23.3 Å². The molecule has 1 aromatic rings. The summed E-state index contributed by atoms with van der Waals surface area (Å²) in [5, 5.41) is 11.2. The fraction of sp³-hybridized carbons (Fsp3) is 0.273. The summed E-state index contributed by atoms with van der Waals surface area (Å²) >= 11 is 11.7. The van der Waals surface area contributed by atoms with Crippen molar-refractivity contribution < 1.29 is 19.4 Å². The van der Waals surface area contributed by atoms with Crippen LogP contribution in [0, 0.1) is 0 Å². The molecule has 18 heavy (non-hydrogen) atoms. The van der Waals surface area contributed by atoms with Crippen molar-refractivity contribution >= 4 is 41.0 Å². The van der Waals surface area contributed by atoms with Gasteiger partial charge in [-0.05, 0) is 26.0 Å². The minimum absolute atomic E-state index is 0.0283. The van der Waals surface area contributed by atoms with E-state index >= 15 is 0 Å². The first-order chi connectivity index (χ1) is 8.31. The van der Waals surface area contributed by atoms with E-state index in [9.17, 15) is 9.59 Å². The number of halogens is 2. The lowest BCUT2D eigenvalue weighted by molar-refractivity contribution is 0.0697. The first-order valence-corrected chi connectivity index (χ1v) is 5.76. The second-order valence-corrected chi connectivity index (χ2v) is 4.51. The summed E-state index contributed by atoms with van der Waals surface area (Å²) in [7, 11) is 0. The van der Waals surface area contributed by atoms with Gasteiger partial charge in [0, 0.05) is 0 Å². The highest BCUT2D eigenvalue weighted by atomic mass is 35.5. The SMILES string of the molecule is CC(C)OC(=O)Nc1c(Cl)cc(C(=O)O)cc1Cl. The Morgan fingerprint density at radius 2 is 1.78 bits per heavy atom. The molecule has 7 heteroatoms. The normalized spacial score (nSPS) is 10.3. The van der Waals surface area contributed by atoms with Crippen LogP contribution < -0.4 is 5.32 Å². The van der Waals surface area contributed by atoms with Crippen LogP contribution in [0.2, 0.25) is 10.0 Å². The summed E-state index contributed by atoms with van der Waals surface area (Å²) in [6.45, 7) is 3.38. The van der Waals surface area contributed by atoms with Crippen LogP contribution in [0.3, 0.4) is 0 Å². The van der Waals surface area contributed by atoms with Crippen LogP contribution in [0.1, 0.15) is 24.2 Å². The van der Waals surface area contributed by atoms with Crippen molar-refractivity contribution in [1.82, 2.24) is 0 Å². The molecule has 1 amide bonds. The van der Waals surface area contributed by atoms with Gasteiger partial charge in [0.05, 0.1) is 27.4 Å². The second kappa shape index (κ2) is 5.93. The Morgan fingerprint density at radius 1 is 1.28 bits per heavy atom. The van der Waals surface area contributed by atoms with Gasteiger partial charge in [0.1, 0.15) is 0 Å². The van der Waals surface area contributed by atoms with Gasteiger partial charge in [-0.1, -0.05) is 23.2 Å². The summed E-state index contributed by atoms with van der Waals surface area (Å²) in [6.07, 6.45) is -1.00. The molecule has 0 bridgehead atoms. The molecule has 2 N–H and O–H groups in total. The van der Waals surface area contributed by atoms with E-state index < -0.39 is 12.1 Å². The van der Waals surface area contributed by atoms with Crippen molar-refractivity contribution in [3.8, 4) is 0 Å². The number of amides is 1. The van der Waals surface area contributed by atoms with Gasteiger partial charge in [-0.3, -0.25) is 5.32 Å². The number of carbonyl (C=O) groups is 2. The number of nitrogens with one attached hydrogen (secondary N) is 1. The fourth-order valence-corrected chi connectivity index (χ4v) is 1.74. The van der Waals surface area contributed by atoms with E-state index in [1.54, 1.807) is 13.8 Å². The predicted octanol–water partition coefficient (Wildman–Crippen LogP) is 3.65. The van der Waals surface area contributed by atoms with Crippen LogP contribution in [-0.2, 0) is 4.74 Å². The van der Waals surface area contributed by atoms with E-state index in [-0.39, 0.29) is 27.4 Å². The topological polar surface area (TPSA) is 75.6 Å². The summed E-state index contributed by atoms with van der Waals surface area (Å²) in [6, 6.07) is 2.39. The van der Waals surface area contributed by atoms with E-state index in [1.807, 2.05) is 0 Å². The zero-order valence-electron chi connectivity index (χ0n) is 9.66. The Morgan fingerprint density at radius 3 is 2.17 bits per heavy atom. The van der Waals surface area contributed by atoms with Crippen molar-refractivity contribution in [2.24, 2.45) is 0 Å². The van der Waals surface area contributed by atoms with Crippen LogP contribution in [0.25, 0.3) is 0 Å². The number of carboxylic acid groups (broad SMARTS) is 1. The molecule has 0 saturated heterocycles. The van der Waals surface area contributed by atoms with Crippen LogP contribution in [0.5, 0.6) is 0 Å². The molecule has 1 rings (SSSR count). The number of ether oxygens (including phenoxy) is 1. The highest BCUT2D eigenvalue weighted by Gasteiger charge is 2.15. The van der Waals surface area contributed by atoms with Crippen molar-refractivity contribution in [3.05, 3.63) is 27.7 Å². The Labute approximate surface area is 114 Å². The number of hydrogen-bond acceptors (Lipinski definition) is 3. The molecular formula is C11H11Cl2NO4. The van der Waals surface area contributed by atoms with Crippen molar-refractivity contribution in [2.75, 3.05) is 5.32 Å². The van der Waals surface area contributed by atoms with E-state index in [1.165, 1.54) is 12.1 Å². The lowest BCUT2D eigenvalue weighted by Gasteiger charge is -2.12. The standard InChI is InChI=1S/C11H11Cl2NO4/c1-5(2)18-11(17)14-9-7(12)3-6(10(15)16)4-8(9)13/h3-5H,1-2H3,(H,14,17)(H,15,16). The van der Waals surface area contributed by atoms with E-state index in [0.29, 0.717) is 0 Å². The highest BCUT2D eigenvalue weighted by molar-refractivity contribution is 6.40. The Hall–Kier alpha value is -1.46. The second-order valence-electron chi connectivity index (χ2n) is 3.70. The number of hydrogen-bond donors (Lipinski definition) is 2. The Bertz CT molecular complexity index is 465. The number of aromatic carboxylic acids is 1. The number of carbonyl (C=O) groups excluding carboxylic acids is 1. The summed E-state index contributed by atoms with van der Waals surface area (Å²) in [5.41, 5.74) is 0.0572. The molecule has 0 aliphatic rings. The molecule has 0 fully saturated rings. The molecule has 0 atom stereocenters. The van der Waals surface area contributed by atoms with E-state index in [0.717, 1.165) is 0 Å². The summed E-state index contributed by atoms with van der Waals surface area (Å²) in [4.78, 5) is 22.1. The average Bonchev–Trinajstić information content (AvgIpc) is 2.21. The zero-order valence-corrected chi connectivity index (χ0v) is 11.2. The molecule has 0 aliphatic heterocycles. The molecule has 0 radical (unpaired) electrons. The van der Waals surface area contributed by atoms with Gasteiger partial charge in [0.25, 0.3) is 0 Å². The van der Waals surface area contributed by atoms with E-state index in [2.05, 4.69) is 5.32 Å². The van der Waals surface area contributed by atoms with Gasteiger partial charge < -0.3 is 9.84 Å². The Kier molecular flexibility index (Phi) is 4.81. The van der Waals surface area contributed by atoms with Crippen molar-refractivity contribution in [3.63, 3.8) is 0 Å². The fourth-order valence-electron chi connectivity index (χ4n) is 1.16. The molecule has 0 spiro atoms. The van der Waals surface area contributed by atoms with Gasteiger partial charge in [0.15, 0.2) is 0 Å². The highest BCUT2D eigenvalue weighted by Crippen LogP contribution is 2.32. The molecule has 0 aliphatic carbocycles. The van der Waals surface area contributed by atoms with Gasteiger partial charge in [-0.2, -0.15) is 0 Å². The molecule has 0 unspecified atom stereocenters. The molecule has 1 aromatic carbocycles. The first kappa shape index (κ1) is 14.6. The van der Waals surface area contributed by atoms with Gasteiger partial charge in [-0.25, -0.2) is 9.59 Å². The monoisotopic (exact) mass is 291 g/mol. The molecule has 0 heterocycles. The van der Waals surface area contributed by atoms with Gasteiger partial charge in [-0.15, -0.1) is 0 Å². The first-order valence-electron chi connectivity index (χ1n) is 5.01. The van der Waals surface area contributed by atoms with Gasteiger partial charge >= 0.3 is 12.1 Å². The van der Waals surface area contributed by atoms with E-state index in [4.69, 9.17) is 33.0 Å². The van der Waals surface area contributed by atoms with Crippen LogP contribution >= 0.6 is 23.2 Å². The third-order valence-corrected chi connectivity index (χ3v) is 2.46. The number of benzene rings is 1. The average molecular weight is 292 g/mol. The number of anilines is 1. The molecular weight excluding hydrogens is 281 g/mol. The maximum absolute atomic E-state index is 11.4. The van der Waals surface area contributed by atoms with Crippen LogP contribution in [0.4, 0.5) is 10.5 Å². The minimum atomic E-state index is -1.16. The molecule has 0 saturated carbocycles. The van der Waals surface area contributed by atoms with Crippen molar-refractivity contribution in [2.45, 2.75) is 20.0 Å². The largest absolute Gasteiger partial charge is 0.478 e. The molecule has 98 valence electrons. The summed E-state index contributed by atoms with van der Waals surface area (Å²) < 4.78 is 4.86. The smallest absolute Gasteiger partial charge is 0.411 e. The minimum Gasteiger partial charge on any atom is -0.478 e. The molecule has 0 aromatic heterocycles. The number of rotatable bonds is 3.